The summed E-state index contributed by atoms with van der Waals surface area (Å²) in [6.07, 6.45) is 0. The van der Waals surface area contributed by atoms with Crippen LogP contribution in [0, 0.1) is 13.1 Å². The standard InChI is InChI=1S/C83H49N13/c1-84-61-41-36-52(37-42-61)58-38-44-65(73(50-58)95-69-34-20-18-32-63(69)67-48-59(39-46-71(67)95)80-88-75(53-22-8-3-9-23-53)86-76(89-80)54-24-10-4-11-25-54)82-92-79(57-30-16-7-17-31-57)93-83(94-82)66-45-43-62(85-2)51-74(66)96-70-35-21-19-33-64(70)68-49-60(40-47-72(68)96)81-90-77(55-26-12-5-13-27-55)87-78(91-81)56-28-14-6-15-29-56/h3-51H. The minimum absolute atomic E-state index is 0.402. The normalized spacial score (nSPS) is 11.3. The maximum atomic E-state index is 8.42. The van der Waals surface area contributed by atoms with Crippen molar-refractivity contribution in [2.75, 3.05) is 0 Å². The molecule has 13 heteroatoms. The maximum absolute atomic E-state index is 8.42. The molecule has 0 radical (unpaired) electrons. The van der Waals surface area contributed by atoms with Gasteiger partial charge in [-0.05, 0) is 77.9 Å². The molecule has 13 nitrogen and oxygen atoms in total. The predicted molar refractivity (Wildman–Crippen MR) is 382 cm³/mol. The van der Waals surface area contributed by atoms with Crippen molar-refractivity contribution in [3.8, 4) is 125 Å². The van der Waals surface area contributed by atoms with Crippen molar-refractivity contribution in [2.24, 2.45) is 0 Å². The van der Waals surface area contributed by atoms with Crippen molar-refractivity contribution in [2.45, 2.75) is 0 Å². The Kier molecular flexibility index (Phi) is 13.9. The van der Waals surface area contributed by atoms with Crippen LogP contribution in [0.2, 0.25) is 0 Å². The van der Waals surface area contributed by atoms with Gasteiger partial charge in [-0.1, -0.05) is 231 Å². The lowest BCUT2D eigenvalue weighted by Crippen LogP contribution is -2.05. The molecule has 5 heterocycles. The number of fused-ring (bicyclic) bond motifs is 6. The SMILES string of the molecule is [C-]#[N+]c1ccc(-c2ccc(-c3nc(-c4ccccc4)nc(-c4ccc([N+]#[C-])cc4-n4c5ccccc5c5cc(-c6nc(-c7ccccc7)nc(-c7ccccc7)n6)ccc54)n3)c(-n3c4ccccc4c4cc(-c5nc(-c6ccccc6)nc(-c6ccccc6)n5)ccc43)c2)cc1. The predicted octanol–water partition coefficient (Wildman–Crippen LogP) is 20.2. The molecule has 96 heavy (non-hydrogen) atoms. The highest BCUT2D eigenvalue weighted by Crippen LogP contribution is 2.43. The summed E-state index contributed by atoms with van der Waals surface area (Å²) in [6, 6.07) is 99.1. The van der Waals surface area contributed by atoms with Crippen molar-refractivity contribution in [3.05, 3.63) is 320 Å². The van der Waals surface area contributed by atoms with E-state index in [0.717, 1.165) is 105 Å². The van der Waals surface area contributed by atoms with Gasteiger partial charge in [0.05, 0.1) is 40.9 Å². The van der Waals surface area contributed by atoms with Crippen molar-refractivity contribution in [1.82, 2.24) is 54.0 Å². The fourth-order valence-electron chi connectivity index (χ4n) is 12.7. The highest BCUT2D eigenvalue weighted by molar-refractivity contribution is 6.12. The minimum atomic E-state index is 0.402. The third kappa shape index (κ3) is 10.2. The molecule has 446 valence electrons. The van der Waals surface area contributed by atoms with Gasteiger partial charge >= 0.3 is 0 Å². The number of nitrogens with zero attached hydrogens (tertiary/aromatic N) is 13. The summed E-state index contributed by atoms with van der Waals surface area (Å²) >= 11 is 0. The van der Waals surface area contributed by atoms with Gasteiger partial charge < -0.3 is 9.13 Å². The van der Waals surface area contributed by atoms with Gasteiger partial charge in [0.25, 0.3) is 0 Å². The second kappa shape index (κ2) is 23.8. The lowest BCUT2D eigenvalue weighted by Gasteiger charge is -2.18. The largest absolute Gasteiger partial charge is 0.310 e. The molecule has 17 rings (SSSR count). The molecule has 0 fully saturated rings. The number of benzene rings is 12. The maximum Gasteiger partial charge on any atom is 0.189 e. The molecule has 0 aliphatic rings. The van der Waals surface area contributed by atoms with Crippen LogP contribution >= 0.6 is 0 Å². The molecule has 0 aliphatic heterocycles. The highest BCUT2D eigenvalue weighted by atomic mass is 15.1. The first-order chi connectivity index (χ1) is 47.5. The fraction of sp³-hybridized carbons (Fsp3) is 0. The topological polar surface area (TPSA) is 135 Å². The Morgan fingerprint density at radius 3 is 0.896 bits per heavy atom. The lowest BCUT2D eigenvalue weighted by atomic mass is 10.0. The van der Waals surface area contributed by atoms with Crippen LogP contribution < -0.4 is 0 Å². The molecule has 12 aromatic carbocycles. The van der Waals surface area contributed by atoms with Crippen LogP contribution in [-0.2, 0) is 0 Å². The van der Waals surface area contributed by atoms with Gasteiger partial charge in [-0.15, -0.1) is 0 Å². The zero-order valence-electron chi connectivity index (χ0n) is 51.1. The van der Waals surface area contributed by atoms with E-state index in [1.807, 2.05) is 206 Å². The summed E-state index contributed by atoms with van der Waals surface area (Å²) < 4.78 is 4.49. The molecule has 0 N–H and O–H groups in total. The molecule has 0 atom stereocenters. The molecule has 5 aromatic heterocycles. The van der Waals surface area contributed by atoms with Crippen LogP contribution in [-0.4, -0.2) is 54.0 Å². The van der Waals surface area contributed by atoms with Gasteiger partial charge in [0.1, 0.15) is 0 Å². The summed E-state index contributed by atoms with van der Waals surface area (Å²) in [4.78, 5) is 54.6. The molecular formula is C83H49N13. The van der Waals surface area contributed by atoms with Gasteiger partial charge in [0.15, 0.2) is 63.8 Å². The van der Waals surface area contributed by atoms with Crippen LogP contribution in [0.3, 0.4) is 0 Å². The Morgan fingerprint density at radius 1 is 0.208 bits per heavy atom. The zero-order chi connectivity index (χ0) is 64.1. The van der Waals surface area contributed by atoms with E-state index < -0.39 is 0 Å². The summed E-state index contributed by atoms with van der Waals surface area (Å²) in [6.45, 7) is 16.2. The van der Waals surface area contributed by atoms with Gasteiger partial charge in [0.2, 0.25) is 0 Å². The number of hydrogen-bond donors (Lipinski definition) is 0. The second-order valence-electron chi connectivity index (χ2n) is 23.1. The van der Waals surface area contributed by atoms with E-state index in [0.29, 0.717) is 75.0 Å². The lowest BCUT2D eigenvalue weighted by molar-refractivity contribution is 1.06. The molecule has 0 saturated heterocycles. The monoisotopic (exact) mass is 1230 g/mol. The van der Waals surface area contributed by atoms with E-state index in [1.165, 1.54) is 0 Å². The third-order valence-electron chi connectivity index (χ3n) is 17.3. The Bertz CT molecular complexity index is 5850. The molecule has 0 bridgehead atoms. The summed E-state index contributed by atoms with van der Waals surface area (Å²) in [5.74, 6) is 4.66. The molecule has 0 saturated carbocycles. The number of aromatic nitrogens is 11. The van der Waals surface area contributed by atoms with E-state index in [-0.39, 0.29) is 0 Å². The van der Waals surface area contributed by atoms with Crippen LogP contribution in [0.5, 0.6) is 0 Å². The van der Waals surface area contributed by atoms with Crippen molar-refractivity contribution < 1.29 is 0 Å². The van der Waals surface area contributed by atoms with Gasteiger partial charge in [0, 0.05) is 77.3 Å². The minimum Gasteiger partial charge on any atom is -0.310 e. The number of rotatable bonds is 12. The van der Waals surface area contributed by atoms with E-state index in [4.69, 9.17) is 58.0 Å². The molecule has 17 aromatic rings. The van der Waals surface area contributed by atoms with Crippen LogP contribution in [0.1, 0.15) is 0 Å². The Labute approximate surface area is 551 Å². The Balaban J connectivity index is 0.865. The van der Waals surface area contributed by atoms with E-state index in [9.17, 15) is 0 Å². The summed E-state index contributed by atoms with van der Waals surface area (Å²) in [5, 5.41) is 3.94. The smallest absolute Gasteiger partial charge is 0.189 e. The third-order valence-corrected chi connectivity index (χ3v) is 17.3. The van der Waals surface area contributed by atoms with Crippen molar-refractivity contribution >= 4 is 55.0 Å². The van der Waals surface area contributed by atoms with Crippen molar-refractivity contribution in [3.63, 3.8) is 0 Å². The Morgan fingerprint density at radius 2 is 0.500 bits per heavy atom. The fourth-order valence-corrected chi connectivity index (χ4v) is 12.7. The number of hydrogen-bond acceptors (Lipinski definition) is 9. The van der Waals surface area contributed by atoms with Gasteiger partial charge in [-0.25, -0.2) is 54.5 Å². The van der Waals surface area contributed by atoms with E-state index in [2.05, 4.69) is 110 Å². The Hall–Kier alpha value is -13.8. The van der Waals surface area contributed by atoms with Crippen LogP contribution in [0.25, 0.3) is 178 Å². The first-order valence-corrected chi connectivity index (χ1v) is 31.2. The number of para-hydroxylation sites is 2. The molecule has 0 aliphatic carbocycles. The quantitative estimate of drug-likeness (QED) is 0.110. The molecule has 0 amide bonds. The molecule has 0 unspecified atom stereocenters. The second-order valence-corrected chi connectivity index (χ2v) is 23.1. The average Bonchev–Trinajstić information content (AvgIpc) is 1.58. The first kappa shape index (κ1) is 56.2. The summed E-state index contributed by atoms with van der Waals surface area (Å²) in [7, 11) is 0. The first-order valence-electron chi connectivity index (χ1n) is 31.2. The van der Waals surface area contributed by atoms with Gasteiger partial charge in [-0.3, -0.25) is 0 Å². The summed E-state index contributed by atoms with van der Waals surface area (Å²) in [5.41, 5.74) is 15.4. The molecule has 0 spiro atoms. The van der Waals surface area contributed by atoms with E-state index in [1.54, 1.807) is 0 Å². The van der Waals surface area contributed by atoms with Crippen molar-refractivity contribution in [1.29, 1.82) is 0 Å². The highest BCUT2D eigenvalue weighted by Gasteiger charge is 2.25. The average molecular weight is 1230 g/mol. The van der Waals surface area contributed by atoms with Gasteiger partial charge in [-0.2, -0.15) is 0 Å². The van der Waals surface area contributed by atoms with Crippen LogP contribution in [0.4, 0.5) is 11.4 Å². The zero-order valence-corrected chi connectivity index (χ0v) is 51.1. The molecular weight excluding hydrogens is 1180 g/mol. The van der Waals surface area contributed by atoms with Crippen LogP contribution in [0.15, 0.2) is 297 Å². The van der Waals surface area contributed by atoms with E-state index >= 15 is 0 Å².